The van der Waals surface area contributed by atoms with Crippen molar-refractivity contribution in [2.45, 2.75) is 25.8 Å². The molecule has 0 unspecified atom stereocenters. The van der Waals surface area contributed by atoms with Crippen molar-refractivity contribution in [2.24, 2.45) is 5.92 Å². The Bertz CT molecular complexity index is 444. The molecule has 0 radical (unpaired) electrons. The molecule has 1 aliphatic heterocycles. The van der Waals surface area contributed by atoms with Gasteiger partial charge in [0, 0.05) is 13.0 Å². The smallest absolute Gasteiger partial charge is 0.308 e. The van der Waals surface area contributed by atoms with Gasteiger partial charge in [-0.3, -0.25) is 9.59 Å². The lowest BCUT2D eigenvalue weighted by atomic mass is 10.0. The third-order valence-electron chi connectivity index (χ3n) is 3.45. The first-order chi connectivity index (χ1) is 8.63. The molecule has 1 aromatic carbocycles. The Hall–Kier alpha value is -1.84. The van der Waals surface area contributed by atoms with Gasteiger partial charge >= 0.3 is 5.97 Å². The first-order valence-corrected chi connectivity index (χ1v) is 6.20. The Kier molecular flexibility index (Phi) is 3.65. The lowest BCUT2D eigenvalue weighted by molar-refractivity contribution is -0.141. The minimum atomic E-state index is -0.881. The van der Waals surface area contributed by atoms with Crippen LogP contribution in [0.15, 0.2) is 30.3 Å². The van der Waals surface area contributed by atoms with Crippen molar-refractivity contribution < 1.29 is 14.7 Å². The maximum absolute atomic E-state index is 11.9. The molecule has 0 spiro atoms. The van der Waals surface area contributed by atoms with Crippen molar-refractivity contribution in [1.29, 1.82) is 0 Å². The largest absolute Gasteiger partial charge is 0.481 e. The van der Waals surface area contributed by atoms with E-state index in [2.05, 4.69) is 0 Å². The summed E-state index contributed by atoms with van der Waals surface area (Å²) in [6, 6.07) is 9.76. The lowest BCUT2D eigenvalue weighted by Gasteiger charge is -2.27. The van der Waals surface area contributed by atoms with E-state index in [1.165, 1.54) is 0 Å². The summed E-state index contributed by atoms with van der Waals surface area (Å²) in [4.78, 5) is 24.6. The van der Waals surface area contributed by atoms with E-state index in [0.29, 0.717) is 6.54 Å². The molecule has 1 aliphatic rings. The van der Waals surface area contributed by atoms with Gasteiger partial charge in [-0.15, -0.1) is 0 Å². The molecular formula is C14H17NO3. The van der Waals surface area contributed by atoms with Crippen molar-refractivity contribution >= 4 is 11.9 Å². The van der Waals surface area contributed by atoms with E-state index in [4.69, 9.17) is 5.11 Å². The number of likely N-dealkylation sites (tertiary alicyclic amines) is 1. The predicted octanol–water partition coefficient (Wildman–Crippen LogP) is 2.07. The molecule has 1 aromatic rings. The molecule has 96 valence electrons. The van der Waals surface area contributed by atoms with Crippen LogP contribution in [0, 0.1) is 5.92 Å². The Labute approximate surface area is 106 Å². The van der Waals surface area contributed by atoms with Gasteiger partial charge in [0.05, 0.1) is 12.0 Å². The van der Waals surface area contributed by atoms with Crippen LogP contribution in [0.1, 0.15) is 31.4 Å². The zero-order chi connectivity index (χ0) is 13.1. The molecule has 1 amide bonds. The van der Waals surface area contributed by atoms with E-state index >= 15 is 0 Å². The molecule has 0 aliphatic carbocycles. The Morgan fingerprint density at radius 1 is 1.44 bits per heavy atom. The second kappa shape index (κ2) is 5.21. The number of carbonyl (C=O) groups excluding carboxylic acids is 1. The standard InChI is InChI=1S/C14H17NO3/c1-2-12(10-6-4-3-5-7-10)15-9-11(14(17)18)8-13(15)16/h3-7,11-12H,2,8-9H2,1H3,(H,17,18)/t11-,12+/m0/s1. The highest BCUT2D eigenvalue weighted by Crippen LogP contribution is 2.30. The molecule has 1 fully saturated rings. The fraction of sp³-hybridized carbons (Fsp3) is 0.429. The molecule has 0 aromatic heterocycles. The monoisotopic (exact) mass is 247 g/mol. The molecule has 1 N–H and O–H groups in total. The first-order valence-electron chi connectivity index (χ1n) is 6.20. The number of amides is 1. The van der Waals surface area contributed by atoms with Crippen LogP contribution < -0.4 is 0 Å². The Balaban J connectivity index is 2.19. The van der Waals surface area contributed by atoms with Crippen molar-refractivity contribution in [3.63, 3.8) is 0 Å². The van der Waals surface area contributed by atoms with Gasteiger partial charge in [-0.05, 0) is 12.0 Å². The number of carboxylic acid groups (broad SMARTS) is 1. The molecule has 4 nitrogen and oxygen atoms in total. The maximum atomic E-state index is 11.9. The normalized spacial score (nSPS) is 21.1. The zero-order valence-corrected chi connectivity index (χ0v) is 10.4. The van der Waals surface area contributed by atoms with Crippen LogP contribution in [-0.2, 0) is 9.59 Å². The lowest BCUT2D eigenvalue weighted by Crippen LogP contribution is -2.30. The van der Waals surface area contributed by atoms with E-state index in [9.17, 15) is 9.59 Å². The molecular weight excluding hydrogens is 230 g/mol. The summed E-state index contributed by atoms with van der Waals surface area (Å²) in [5.41, 5.74) is 1.07. The molecule has 1 heterocycles. The summed E-state index contributed by atoms with van der Waals surface area (Å²) < 4.78 is 0. The Morgan fingerprint density at radius 2 is 2.11 bits per heavy atom. The van der Waals surface area contributed by atoms with E-state index in [-0.39, 0.29) is 18.4 Å². The fourth-order valence-electron chi connectivity index (χ4n) is 2.51. The third-order valence-corrected chi connectivity index (χ3v) is 3.45. The van der Waals surface area contributed by atoms with Crippen LogP contribution in [0.3, 0.4) is 0 Å². The second-order valence-corrected chi connectivity index (χ2v) is 4.62. The fourth-order valence-corrected chi connectivity index (χ4v) is 2.51. The van der Waals surface area contributed by atoms with Gasteiger partial charge in [-0.1, -0.05) is 37.3 Å². The van der Waals surface area contributed by atoms with Crippen LogP contribution in [0.25, 0.3) is 0 Å². The van der Waals surface area contributed by atoms with Crippen LogP contribution in [0.5, 0.6) is 0 Å². The number of benzene rings is 1. The summed E-state index contributed by atoms with van der Waals surface area (Å²) in [6.07, 6.45) is 0.917. The summed E-state index contributed by atoms with van der Waals surface area (Å²) in [6.45, 7) is 2.33. The van der Waals surface area contributed by atoms with Gasteiger partial charge in [0.15, 0.2) is 0 Å². The van der Waals surface area contributed by atoms with Gasteiger partial charge in [0.25, 0.3) is 0 Å². The molecule has 0 bridgehead atoms. The van der Waals surface area contributed by atoms with Gasteiger partial charge in [0.1, 0.15) is 0 Å². The highest BCUT2D eigenvalue weighted by Gasteiger charge is 2.37. The summed E-state index contributed by atoms with van der Waals surface area (Å²) in [5, 5.41) is 8.99. The highest BCUT2D eigenvalue weighted by atomic mass is 16.4. The van der Waals surface area contributed by atoms with Gasteiger partial charge in [0.2, 0.25) is 5.91 Å². The van der Waals surface area contributed by atoms with Gasteiger partial charge < -0.3 is 10.0 Å². The predicted molar refractivity (Wildman–Crippen MR) is 66.9 cm³/mol. The van der Waals surface area contributed by atoms with Crippen LogP contribution in [0.4, 0.5) is 0 Å². The van der Waals surface area contributed by atoms with E-state index in [1.54, 1.807) is 4.90 Å². The average molecular weight is 247 g/mol. The van der Waals surface area contributed by atoms with E-state index in [1.807, 2.05) is 37.3 Å². The van der Waals surface area contributed by atoms with Crippen LogP contribution in [-0.4, -0.2) is 28.4 Å². The number of carbonyl (C=O) groups is 2. The van der Waals surface area contributed by atoms with Crippen molar-refractivity contribution in [2.75, 3.05) is 6.54 Å². The highest BCUT2D eigenvalue weighted by molar-refractivity contribution is 5.86. The number of hydrogen-bond donors (Lipinski definition) is 1. The number of hydrogen-bond acceptors (Lipinski definition) is 2. The molecule has 2 rings (SSSR count). The number of carboxylic acids is 1. The van der Waals surface area contributed by atoms with E-state index in [0.717, 1.165) is 12.0 Å². The van der Waals surface area contributed by atoms with Crippen molar-refractivity contribution in [1.82, 2.24) is 4.90 Å². The second-order valence-electron chi connectivity index (χ2n) is 4.62. The number of nitrogens with zero attached hydrogens (tertiary/aromatic N) is 1. The van der Waals surface area contributed by atoms with Crippen molar-refractivity contribution in [3.05, 3.63) is 35.9 Å². The number of rotatable bonds is 4. The van der Waals surface area contributed by atoms with Gasteiger partial charge in [-0.25, -0.2) is 0 Å². The van der Waals surface area contributed by atoms with Crippen LogP contribution in [0.2, 0.25) is 0 Å². The summed E-state index contributed by atoms with van der Waals surface area (Å²) in [5.74, 6) is -1.50. The molecule has 0 saturated carbocycles. The molecule has 2 atom stereocenters. The van der Waals surface area contributed by atoms with Gasteiger partial charge in [-0.2, -0.15) is 0 Å². The zero-order valence-electron chi connectivity index (χ0n) is 10.4. The van der Waals surface area contributed by atoms with Crippen LogP contribution >= 0.6 is 0 Å². The summed E-state index contributed by atoms with van der Waals surface area (Å²) >= 11 is 0. The average Bonchev–Trinajstić information content (AvgIpc) is 2.74. The number of aliphatic carboxylic acids is 1. The maximum Gasteiger partial charge on any atom is 0.308 e. The first kappa shape index (κ1) is 12.6. The van der Waals surface area contributed by atoms with Crippen molar-refractivity contribution in [3.8, 4) is 0 Å². The SMILES string of the molecule is CC[C@H](c1ccccc1)N1C[C@@H](C(=O)O)CC1=O. The third kappa shape index (κ3) is 2.37. The Morgan fingerprint density at radius 3 is 2.61 bits per heavy atom. The topological polar surface area (TPSA) is 57.6 Å². The quantitative estimate of drug-likeness (QED) is 0.886. The summed E-state index contributed by atoms with van der Waals surface area (Å²) in [7, 11) is 0. The molecule has 4 heteroatoms. The molecule has 1 saturated heterocycles. The molecule has 18 heavy (non-hydrogen) atoms. The van der Waals surface area contributed by atoms with E-state index < -0.39 is 11.9 Å². The minimum Gasteiger partial charge on any atom is -0.481 e. The minimum absolute atomic E-state index is 0.0111.